The van der Waals surface area contributed by atoms with Crippen LogP contribution in [0.4, 0.5) is 0 Å². The van der Waals surface area contributed by atoms with Gasteiger partial charge in [0, 0.05) is 33.7 Å². The standard InChI is InChI=1S/C22H17BrN4OS/c1-15-2-8-19(9-3-15)27-21(17-10-12-24-13-11-17)25-26-22(27)29-14-20(28)16-4-6-18(23)7-5-16/h2-13H,14H2,1H3. The zero-order chi connectivity index (χ0) is 20.2. The van der Waals surface area contributed by atoms with Crippen LogP contribution in [0.3, 0.4) is 0 Å². The number of halogens is 1. The van der Waals surface area contributed by atoms with Gasteiger partial charge in [0.15, 0.2) is 16.8 Å². The highest BCUT2D eigenvalue weighted by Crippen LogP contribution is 2.28. The number of hydrogen-bond donors (Lipinski definition) is 0. The summed E-state index contributed by atoms with van der Waals surface area (Å²) in [5.41, 5.74) is 3.72. The van der Waals surface area contributed by atoms with Crippen LogP contribution in [0.15, 0.2) is 82.7 Å². The third-order valence-electron chi connectivity index (χ3n) is 4.36. The second-order valence-electron chi connectivity index (χ2n) is 6.43. The monoisotopic (exact) mass is 464 g/mol. The Morgan fingerprint density at radius 3 is 2.34 bits per heavy atom. The van der Waals surface area contributed by atoms with Crippen molar-refractivity contribution in [3.8, 4) is 17.1 Å². The van der Waals surface area contributed by atoms with Gasteiger partial charge in [-0.1, -0.05) is 57.5 Å². The average molecular weight is 465 g/mol. The molecular weight excluding hydrogens is 448 g/mol. The van der Waals surface area contributed by atoms with Crippen molar-refractivity contribution in [3.63, 3.8) is 0 Å². The van der Waals surface area contributed by atoms with Gasteiger partial charge in [-0.05, 0) is 43.3 Å². The maximum Gasteiger partial charge on any atom is 0.196 e. The lowest BCUT2D eigenvalue weighted by Crippen LogP contribution is -2.05. The van der Waals surface area contributed by atoms with Crippen molar-refractivity contribution < 1.29 is 4.79 Å². The predicted octanol–water partition coefficient (Wildman–Crippen LogP) is 5.38. The Labute approximate surface area is 181 Å². The molecule has 0 N–H and O–H groups in total. The quantitative estimate of drug-likeness (QED) is 0.283. The zero-order valence-electron chi connectivity index (χ0n) is 15.6. The molecule has 0 aliphatic carbocycles. The molecule has 0 aliphatic heterocycles. The van der Waals surface area contributed by atoms with Gasteiger partial charge in [0.2, 0.25) is 0 Å². The highest BCUT2D eigenvalue weighted by molar-refractivity contribution is 9.10. The topological polar surface area (TPSA) is 60.7 Å². The van der Waals surface area contributed by atoms with Crippen molar-refractivity contribution in [1.82, 2.24) is 19.7 Å². The lowest BCUT2D eigenvalue weighted by atomic mass is 10.2. The summed E-state index contributed by atoms with van der Waals surface area (Å²) in [5.74, 6) is 1.04. The second kappa shape index (κ2) is 8.71. The first kappa shape index (κ1) is 19.5. The second-order valence-corrected chi connectivity index (χ2v) is 8.29. The number of carbonyl (C=O) groups is 1. The average Bonchev–Trinajstić information content (AvgIpc) is 3.17. The molecule has 144 valence electrons. The Morgan fingerprint density at radius 1 is 0.966 bits per heavy atom. The Balaban J connectivity index is 1.66. The molecule has 0 saturated carbocycles. The van der Waals surface area contributed by atoms with Gasteiger partial charge in [0.1, 0.15) is 0 Å². The van der Waals surface area contributed by atoms with Crippen LogP contribution in [0, 0.1) is 6.92 Å². The first-order chi connectivity index (χ1) is 14.1. The number of ketones is 1. The van der Waals surface area contributed by atoms with Crippen molar-refractivity contribution >= 4 is 33.5 Å². The van der Waals surface area contributed by atoms with Crippen LogP contribution in [-0.2, 0) is 0 Å². The molecule has 0 spiro atoms. The molecule has 4 rings (SSSR count). The van der Waals surface area contributed by atoms with Crippen LogP contribution in [0.1, 0.15) is 15.9 Å². The summed E-state index contributed by atoms with van der Waals surface area (Å²) in [6, 6.07) is 19.3. The molecule has 0 unspecified atom stereocenters. The lowest BCUT2D eigenvalue weighted by molar-refractivity contribution is 0.102. The highest BCUT2D eigenvalue weighted by Gasteiger charge is 2.17. The number of aromatic nitrogens is 4. The van der Waals surface area contributed by atoms with E-state index in [-0.39, 0.29) is 11.5 Å². The SMILES string of the molecule is Cc1ccc(-n2c(SCC(=O)c3ccc(Br)cc3)nnc2-c2ccncc2)cc1. The fraction of sp³-hybridized carbons (Fsp3) is 0.0909. The zero-order valence-corrected chi connectivity index (χ0v) is 18.0. The molecule has 4 aromatic rings. The molecule has 0 saturated heterocycles. The van der Waals surface area contributed by atoms with E-state index in [0.717, 1.165) is 21.5 Å². The number of carbonyl (C=O) groups excluding carboxylic acids is 1. The summed E-state index contributed by atoms with van der Waals surface area (Å²) in [6.45, 7) is 2.05. The van der Waals surface area contributed by atoms with E-state index in [0.29, 0.717) is 10.7 Å². The van der Waals surface area contributed by atoms with Crippen molar-refractivity contribution in [2.45, 2.75) is 12.1 Å². The van der Waals surface area contributed by atoms with Crippen LogP contribution >= 0.6 is 27.7 Å². The molecule has 2 heterocycles. The van der Waals surface area contributed by atoms with E-state index in [1.165, 1.54) is 17.3 Å². The summed E-state index contributed by atoms with van der Waals surface area (Å²) in [5, 5.41) is 9.43. The molecule has 0 bridgehead atoms. The van der Waals surface area contributed by atoms with Crippen LogP contribution in [-0.4, -0.2) is 31.3 Å². The van der Waals surface area contributed by atoms with Crippen molar-refractivity contribution in [3.05, 3.63) is 88.7 Å². The van der Waals surface area contributed by atoms with E-state index in [1.807, 2.05) is 72.2 Å². The maximum absolute atomic E-state index is 12.6. The number of aryl methyl sites for hydroxylation is 1. The van der Waals surface area contributed by atoms with Gasteiger partial charge in [0.05, 0.1) is 5.75 Å². The van der Waals surface area contributed by atoms with E-state index in [2.05, 4.69) is 31.1 Å². The third-order valence-corrected chi connectivity index (χ3v) is 5.82. The number of nitrogens with zero attached hydrogens (tertiary/aromatic N) is 4. The molecule has 0 amide bonds. The smallest absolute Gasteiger partial charge is 0.196 e. The molecule has 0 atom stereocenters. The fourth-order valence-corrected chi connectivity index (χ4v) is 3.94. The van der Waals surface area contributed by atoms with E-state index in [9.17, 15) is 4.79 Å². The summed E-state index contributed by atoms with van der Waals surface area (Å²) in [6.07, 6.45) is 3.46. The Hall–Kier alpha value is -2.77. The maximum atomic E-state index is 12.6. The van der Waals surface area contributed by atoms with E-state index >= 15 is 0 Å². The number of benzene rings is 2. The minimum atomic E-state index is 0.0476. The van der Waals surface area contributed by atoms with Crippen molar-refractivity contribution in [2.75, 3.05) is 5.75 Å². The molecule has 29 heavy (non-hydrogen) atoms. The minimum Gasteiger partial charge on any atom is -0.293 e. The first-order valence-electron chi connectivity index (χ1n) is 8.96. The Kier molecular flexibility index (Phi) is 5.87. The highest BCUT2D eigenvalue weighted by atomic mass is 79.9. The summed E-state index contributed by atoms with van der Waals surface area (Å²) < 4.78 is 2.93. The van der Waals surface area contributed by atoms with E-state index in [4.69, 9.17) is 0 Å². The van der Waals surface area contributed by atoms with Gasteiger partial charge in [0.25, 0.3) is 0 Å². The van der Waals surface area contributed by atoms with Crippen LogP contribution < -0.4 is 0 Å². The van der Waals surface area contributed by atoms with Gasteiger partial charge in [-0.15, -0.1) is 10.2 Å². The molecule has 2 aromatic carbocycles. The predicted molar refractivity (Wildman–Crippen MR) is 119 cm³/mol. The number of pyridine rings is 1. The van der Waals surface area contributed by atoms with Gasteiger partial charge < -0.3 is 0 Å². The fourth-order valence-electron chi connectivity index (χ4n) is 2.83. The van der Waals surface area contributed by atoms with E-state index in [1.54, 1.807) is 12.4 Å². The van der Waals surface area contributed by atoms with Crippen molar-refractivity contribution in [2.24, 2.45) is 0 Å². The van der Waals surface area contributed by atoms with Crippen molar-refractivity contribution in [1.29, 1.82) is 0 Å². The molecule has 0 fully saturated rings. The number of thioether (sulfide) groups is 1. The third kappa shape index (κ3) is 4.46. The molecule has 7 heteroatoms. The van der Waals surface area contributed by atoms with Gasteiger partial charge in [-0.25, -0.2) is 0 Å². The van der Waals surface area contributed by atoms with Gasteiger partial charge in [-0.2, -0.15) is 0 Å². The number of Topliss-reactive ketones (excluding diaryl/α,β-unsaturated/α-hetero) is 1. The summed E-state index contributed by atoms with van der Waals surface area (Å²) in [4.78, 5) is 16.7. The lowest BCUT2D eigenvalue weighted by Gasteiger charge is -2.10. The molecule has 5 nitrogen and oxygen atoms in total. The van der Waals surface area contributed by atoms with Crippen LogP contribution in [0.5, 0.6) is 0 Å². The van der Waals surface area contributed by atoms with Gasteiger partial charge >= 0.3 is 0 Å². The Morgan fingerprint density at radius 2 is 1.66 bits per heavy atom. The number of rotatable bonds is 6. The number of hydrogen-bond acceptors (Lipinski definition) is 5. The van der Waals surface area contributed by atoms with E-state index < -0.39 is 0 Å². The first-order valence-corrected chi connectivity index (χ1v) is 10.7. The van der Waals surface area contributed by atoms with Crippen LogP contribution in [0.2, 0.25) is 0 Å². The molecule has 0 aliphatic rings. The molecular formula is C22H17BrN4OS. The molecule has 0 radical (unpaired) electrons. The summed E-state index contributed by atoms with van der Waals surface area (Å²) in [7, 11) is 0. The largest absolute Gasteiger partial charge is 0.293 e. The Bertz CT molecular complexity index is 1130. The molecule has 2 aromatic heterocycles. The summed E-state index contributed by atoms with van der Waals surface area (Å²) >= 11 is 4.77. The van der Waals surface area contributed by atoms with Crippen LogP contribution in [0.25, 0.3) is 17.1 Å². The van der Waals surface area contributed by atoms with Gasteiger partial charge in [-0.3, -0.25) is 14.3 Å². The minimum absolute atomic E-state index is 0.0476. The normalized spacial score (nSPS) is 10.8.